The fourth-order valence-electron chi connectivity index (χ4n) is 8.39. The molecule has 3 aliphatic rings. The number of unbranched alkanes of at least 4 members (excludes halogenated alkanes) is 2. The Labute approximate surface area is 367 Å². The van der Waals surface area contributed by atoms with Crippen LogP contribution in [0.1, 0.15) is 151 Å². The minimum atomic E-state index is -2.13. The zero-order chi connectivity index (χ0) is 46.0. The van der Waals surface area contributed by atoms with Gasteiger partial charge in [0.2, 0.25) is 5.79 Å². The van der Waals surface area contributed by atoms with Gasteiger partial charge < -0.3 is 39.5 Å². The van der Waals surface area contributed by atoms with Gasteiger partial charge >= 0.3 is 5.97 Å². The predicted octanol–water partition coefficient (Wildman–Crippen LogP) is 8.32. The lowest BCUT2D eigenvalue weighted by Gasteiger charge is -2.38. The van der Waals surface area contributed by atoms with Gasteiger partial charge in [0.05, 0.1) is 12.7 Å². The molecule has 1 amide bonds. The number of Topliss-reactive ketones (excluding diaryl/α,β-unsaturated/α-hetero) is 2. The average molecular weight is 862 g/mol. The average Bonchev–Trinajstić information content (AvgIpc) is 3.27. The number of ether oxygens (including phenoxy) is 3. The zero-order valence-electron chi connectivity index (χ0n) is 39.1. The number of ketones is 2. The van der Waals surface area contributed by atoms with E-state index in [4.69, 9.17) is 24.4 Å². The number of carboxylic acids is 1. The van der Waals surface area contributed by atoms with Crippen molar-refractivity contribution in [2.75, 3.05) is 34.5 Å². The third kappa shape index (κ3) is 19.5. The highest BCUT2D eigenvalue weighted by Crippen LogP contribution is 2.33. The van der Waals surface area contributed by atoms with Crippen molar-refractivity contribution in [1.82, 2.24) is 4.90 Å². The molecular formula is C49H83NO11. The smallest absolute Gasteiger partial charge is 0.326 e. The maximum Gasteiger partial charge on any atom is 0.326 e. The molecule has 12 heteroatoms. The second-order valence-corrected chi connectivity index (χ2v) is 17.4. The molecule has 9 atom stereocenters. The third-order valence-electron chi connectivity index (χ3n) is 12.6. The summed E-state index contributed by atoms with van der Waals surface area (Å²) in [4.78, 5) is 49.9. The Bertz CT molecular complexity index is 1420. The number of rotatable bonds is 22. The SMILES string of the molecule is CC/C(C)=C/C=C/C=C/CCC(C)C(=O)[C@H](OC)C(O)/C(C)=C/CCCC[C@H](C)CC1CCCC(OC)C1.CC1CCCOC1(O)C(=O)C(=O)N1CCCCC1C(=O)O.CO. The molecule has 0 aromatic rings. The first-order chi connectivity index (χ1) is 29.1. The minimum absolute atomic E-state index is 0.0227. The maximum absolute atomic E-state index is 13.0. The summed E-state index contributed by atoms with van der Waals surface area (Å²) < 4.78 is 16.2. The molecule has 2 saturated heterocycles. The van der Waals surface area contributed by atoms with E-state index in [-0.39, 0.29) is 24.9 Å². The van der Waals surface area contributed by atoms with E-state index in [0.717, 1.165) is 61.5 Å². The molecule has 1 saturated carbocycles. The second-order valence-electron chi connectivity index (χ2n) is 17.4. The summed E-state index contributed by atoms with van der Waals surface area (Å²) >= 11 is 0. The van der Waals surface area contributed by atoms with Crippen molar-refractivity contribution < 1.29 is 53.8 Å². The lowest BCUT2D eigenvalue weighted by atomic mass is 9.80. The van der Waals surface area contributed by atoms with Crippen LogP contribution in [0.3, 0.4) is 0 Å². The number of aliphatic hydroxyl groups is 3. The fourth-order valence-corrected chi connectivity index (χ4v) is 8.39. The molecule has 61 heavy (non-hydrogen) atoms. The summed E-state index contributed by atoms with van der Waals surface area (Å²) in [6.07, 6.45) is 27.7. The Morgan fingerprint density at radius 2 is 1.64 bits per heavy atom. The second kappa shape index (κ2) is 30.9. The van der Waals surface area contributed by atoms with Crippen LogP contribution in [0.25, 0.3) is 0 Å². The van der Waals surface area contributed by atoms with Gasteiger partial charge in [0.1, 0.15) is 18.2 Å². The van der Waals surface area contributed by atoms with E-state index in [2.05, 4.69) is 39.0 Å². The molecule has 0 aromatic carbocycles. The number of amides is 1. The van der Waals surface area contributed by atoms with Gasteiger partial charge in [-0.05, 0) is 115 Å². The van der Waals surface area contributed by atoms with Crippen molar-refractivity contribution in [2.45, 2.75) is 181 Å². The standard InChI is InChI=1S/C34H58O4.C14H21NO6.CH4O/c1-8-26(2)18-13-10-9-11-15-20-28(4)32(35)34(38-7)33(36)29(5)21-16-12-14-19-27(3)24-30-22-17-23-31(25-30)37-6;1-9-5-4-8-21-14(9,20)11(16)12(17)15-7-3-2-6-10(15)13(18)19;1-2/h9-11,13,18,21,27-28,30-31,33-34,36H,8,12,14-17,19-20,22-25H2,1-7H3;9-10,20H,2-8H2,1H3,(H,18,19);2H,1H3/b11-9+,13-10+,26-18+,29-21+;;/t27-,28?,30?,31?,33?,34-;;/m0../s1. The van der Waals surface area contributed by atoms with E-state index < -0.39 is 47.6 Å². The van der Waals surface area contributed by atoms with E-state index >= 15 is 0 Å². The Hall–Kier alpha value is -3.00. The number of piperidine rings is 1. The third-order valence-corrected chi connectivity index (χ3v) is 12.6. The molecule has 3 fully saturated rings. The molecular weight excluding hydrogens is 779 g/mol. The minimum Gasteiger partial charge on any atom is -0.480 e. The topological polar surface area (TPSA) is 180 Å². The van der Waals surface area contributed by atoms with E-state index in [1.165, 1.54) is 57.6 Å². The molecule has 3 rings (SSSR count). The van der Waals surface area contributed by atoms with Crippen LogP contribution in [0.4, 0.5) is 0 Å². The molecule has 2 aliphatic heterocycles. The first kappa shape index (κ1) is 56.0. The molecule has 0 radical (unpaired) electrons. The van der Waals surface area contributed by atoms with E-state index in [1.807, 2.05) is 39.2 Å². The van der Waals surface area contributed by atoms with Gasteiger partial charge in [-0.2, -0.15) is 0 Å². The molecule has 12 nitrogen and oxygen atoms in total. The van der Waals surface area contributed by atoms with Gasteiger partial charge in [-0.1, -0.05) is 95.4 Å². The number of carbonyl (C=O) groups is 4. The van der Waals surface area contributed by atoms with Gasteiger partial charge in [0.25, 0.3) is 11.7 Å². The van der Waals surface area contributed by atoms with Crippen molar-refractivity contribution >= 4 is 23.4 Å². The number of methoxy groups -OCH3 is 2. The van der Waals surface area contributed by atoms with Crippen molar-refractivity contribution in [3.05, 3.63) is 47.6 Å². The predicted molar refractivity (Wildman–Crippen MR) is 241 cm³/mol. The van der Waals surface area contributed by atoms with Gasteiger partial charge in [-0.25, -0.2) is 4.79 Å². The Kier molecular flexibility index (Phi) is 28.4. The summed E-state index contributed by atoms with van der Waals surface area (Å²) in [5.41, 5.74) is 2.18. The van der Waals surface area contributed by atoms with E-state index in [9.17, 15) is 29.4 Å². The van der Waals surface area contributed by atoms with Crippen LogP contribution in [0, 0.1) is 23.7 Å². The van der Waals surface area contributed by atoms with Crippen molar-refractivity contribution in [1.29, 1.82) is 0 Å². The highest BCUT2D eigenvalue weighted by atomic mass is 16.6. The Morgan fingerprint density at radius 3 is 2.28 bits per heavy atom. The number of aliphatic carboxylic acids is 1. The number of carbonyl (C=O) groups excluding carboxylic acids is 3. The number of carboxylic acid groups (broad SMARTS) is 1. The zero-order valence-corrected chi connectivity index (χ0v) is 39.1. The lowest BCUT2D eigenvalue weighted by Crippen LogP contribution is -2.59. The fraction of sp³-hybridized carbons (Fsp3) is 0.755. The molecule has 0 bridgehead atoms. The number of aliphatic hydroxyl groups excluding tert-OH is 2. The van der Waals surface area contributed by atoms with Crippen LogP contribution in [-0.2, 0) is 33.4 Å². The molecule has 4 N–H and O–H groups in total. The summed E-state index contributed by atoms with van der Waals surface area (Å²) in [5, 5.41) is 37.4. The van der Waals surface area contributed by atoms with Crippen molar-refractivity contribution in [3.8, 4) is 0 Å². The van der Waals surface area contributed by atoms with E-state index in [1.54, 1.807) is 6.92 Å². The highest BCUT2D eigenvalue weighted by Gasteiger charge is 2.50. The summed E-state index contributed by atoms with van der Waals surface area (Å²) in [5.74, 6) is -4.38. The first-order valence-electron chi connectivity index (χ1n) is 22.9. The van der Waals surface area contributed by atoms with Crippen LogP contribution in [0.5, 0.6) is 0 Å². The maximum atomic E-state index is 13.0. The normalized spacial score (nSPS) is 25.7. The van der Waals surface area contributed by atoms with Crippen LogP contribution >= 0.6 is 0 Å². The van der Waals surface area contributed by atoms with Gasteiger partial charge in [-0.15, -0.1) is 0 Å². The lowest BCUT2D eigenvalue weighted by molar-refractivity contribution is -0.240. The number of nitrogens with zero attached hydrogens (tertiary/aromatic N) is 1. The molecule has 1 aliphatic carbocycles. The van der Waals surface area contributed by atoms with E-state index in [0.29, 0.717) is 38.2 Å². The Balaban J connectivity index is 0.000000677. The summed E-state index contributed by atoms with van der Waals surface area (Å²) in [6, 6.07) is -1.00. The number of hydrogen-bond acceptors (Lipinski definition) is 10. The summed E-state index contributed by atoms with van der Waals surface area (Å²) in [7, 11) is 4.37. The molecule has 2 heterocycles. The molecule has 0 aromatic heterocycles. The molecule has 350 valence electrons. The highest BCUT2D eigenvalue weighted by molar-refractivity contribution is 6.39. The first-order valence-corrected chi connectivity index (χ1v) is 22.9. The van der Waals surface area contributed by atoms with Gasteiger partial charge in [0.15, 0.2) is 5.78 Å². The van der Waals surface area contributed by atoms with Crippen molar-refractivity contribution in [2.24, 2.45) is 23.7 Å². The van der Waals surface area contributed by atoms with Crippen LogP contribution < -0.4 is 0 Å². The van der Waals surface area contributed by atoms with Gasteiger partial charge in [0, 0.05) is 39.7 Å². The van der Waals surface area contributed by atoms with Crippen LogP contribution in [-0.4, -0.2) is 113 Å². The van der Waals surface area contributed by atoms with Crippen molar-refractivity contribution in [3.63, 3.8) is 0 Å². The van der Waals surface area contributed by atoms with Gasteiger partial charge in [-0.3, -0.25) is 14.4 Å². The van der Waals surface area contributed by atoms with Crippen LogP contribution in [0.2, 0.25) is 0 Å². The molecule has 7 unspecified atom stereocenters. The number of likely N-dealkylation sites (tertiary alicyclic amines) is 1. The monoisotopic (exact) mass is 862 g/mol. The summed E-state index contributed by atoms with van der Waals surface area (Å²) in [6.45, 7) is 12.6. The number of allylic oxidation sites excluding steroid dienone is 7. The molecule has 0 spiro atoms. The number of hydrogen-bond donors (Lipinski definition) is 4. The Morgan fingerprint density at radius 1 is 0.918 bits per heavy atom. The largest absolute Gasteiger partial charge is 0.480 e. The van der Waals surface area contributed by atoms with Crippen LogP contribution in [0.15, 0.2) is 47.6 Å². The quantitative estimate of drug-likeness (QED) is 0.0356.